The second-order valence-electron chi connectivity index (χ2n) is 3.17. The van der Waals surface area contributed by atoms with Gasteiger partial charge >= 0.3 is 5.97 Å². The molecular weight excluding hydrogens is 154 g/mol. The van der Waals surface area contributed by atoms with E-state index in [-0.39, 0.29) is 5.97 Å². The van der Waals surface area contributed by atoms with Gasteiger partial charge in [-0.25, -0.2) is 4.79 Å². The Balaban J connectivity index is 2.16. The molecule has 0 N–H and O–H groups in total. The van der Waals surface area contributed by atoms with Crippen molar-refractivity contribution in [3.8, 4) is 0 Å². The standard InChI is InChI=1S/C9H15NO2/c1-8(2)9(11)12-7-10-5-3-4-6-10/h1,3-7H2,2H3. The third-order valence-electron chi connectivity index (χ3n) is 1.93. The SMILES string of the molecule is C=C(C)C(=O)OCN1CCCC1. The summed E-state index contributed by atoms with van der Waals surface area (Å²) in [4.78, 5) is 13.1. The summed E-state index contributed by atoms with van der Waals surface area (Å²) >= 11 is 0. The van der Waals surface area contributed by atoms with Crippen LogP contribution in [0.25, 0.3) is 0 Å². The molecule has 1 rings (SSSR count). The molecule has 0 saturated carbocycles. The van der Waals surface area contributed by atoms with E-state index in [1.165, 1.54) is 12.8 Å². The molecule has 1 saturated heterocycles. The van der Waals surface area contributed by atoms with Gasteiger partial charge in [-0.3, -0.25) is 4.90 Å². The number of likely N-dealkylation sites (tertiary alicyclic amines) is 1. The van der Waals surface area contributed by atoms with E-state index in [9.17, 15) is 4.79 Å². The van der Waals surface area contributed by atoms with E-state index >= 15 is 0 Å². The highest BCUT2D eigenvalue weighted by Crippen LogP contribution is 2.07. The van der Waals surface area contributed by atoms with Crippen LogP contribution in [0.3, 0.4) is 0 Å². The number of rotatable bonds is 3. The van der Waals surface area contributed by atoms with E-state index in [0.717, 1.165) is 13.1 Å². The molecule has 0 amide bonds. The fourth-order valence-corrected chi connectivity index (χ4v) is 1.18. The lowest BCUT2D eigenvalue weighted by Crippen LogP contribution is -2.24. The van der Waals surface area contributed by atoms with Crippen molar-refractivity contribution in [1.29, 1.82) is 0 Å². The van der Waals surface area contributed by atoms with E-state index in [1.807, 2.05) is 0 Å². The van der Waals surface area contributed by atoms with E-state index in [0.29, 0.717) is 12.3 Å². The van der Waals surface area contributed by atoms with Gasteiger partial charge in [0, 0.05) is 18.7 Å². The fourth-order valence-electron chi connectivity index (χ4n) is 1.18. The first-order valence-electron chi connectivity index (χ1n) is 4.25. The van der Waals surface area contributed by atoms with Crippen LogP contribution in [0.5, 0.6) is 0 Å². The van der Waals surface area contributed by atoms with Crippen LogP contribution in [0.1, 0.15) is 19.8 Å². The lowest BCUT2D eigenvalue weighted by Gasteiger charge is -2.14. The van der Waals surface area contributed by atoms with Gasteiger partial charge in [-0.2, -0.15) is 0 Å². The van der Waals surface area contributed by atoms with Gasteiger partial charge in [-0.15, -0.1) is 0 Å². The van der Waals surface area contributed by atoms with Crippen molar-refractivity contribution in [1.82, 2.24) is 4.90 Å². The lowest BCUT2D eigenvalue weighted by molar-refractivity contribution is -0.143. The quantitative estimate of drug-likeness (QED) is 0.469. The number of nitrogens with zero attached hydrogens (tertiary/aromatic N) is 1. The summed E-state index contributed by atoms with van der Waals surface area (Å²) in [6, 6.07) is 0. The predicted octanol–water partition coefficient (Wildman–Crippen LogP) is 1.16. The summed E-state index contributed by atoms with van der Waals surface area (Å²) < 4.78 is 4.97. The Hall–Kier alpha value is -0.830. The minimum absolute atomic E-state index is 0.290. The first-order chi connectivity index (χ1) is 5.70. The number of carbonyl (C=O) groups excluding carboxylic acids is 1. The Labute approximate surface area is 73.0 Å². The van der Waals surface area contributed by atoms with Crippen LogP contribution in [0.2, 0.25) is 0 Å². The molecule has 0 radical (unpaired) electrons. The molecule has 12 heavy (non-hydrogen) atoms. The highest BCUT2D eigenvalue weighted by atomic mass is 16.5. The molecule has 68 valence electrons. The van der Waals surface area contributed by atoms with E-state index in [1.54, 1.807) is 6.92 Å². The number of ether oxygens (including phenoxy) is 1. The van der Waals surface area contributed by atoms with E-state index < -0.39 is 0 Å². The van der Waals surface area contributed by atoms with Gasteiger partial charge in [-0.1, -0.05) is 6.58 Å². The van der Waals surface area contributed by atoms with Gasteiger partial charge in [0.1, 0.15) is 6.73 Å². The Kier molecular flexibility index (Phi) is 3.29. The molecule has 0 aromatic heterocycles. The van der Waals surface area contributed by atoms with Crippen LogP contribution in [0, 0.1) is 0 Å². The summed E-state index contributed by atoms with van der Waals surface area (Å²) in [5.41, 5.74) is 0.467. The predicted molar refractivity (Wildman–Crippen MR) is 46.6 cm³/mol. The molecule has 0 bridgehead atoms. The number of esters is 1. The molecule has 0 aromatic carbocycles. The molecule has 3 nitrogen and oxygen atoms in total. The zero-order chi connectivity index (χ0) is 8.97. The van der Waals surface area contributed by atoms with Crippen LogP contribution >= 0.6 is 0 Å². The normalized spacial score (nSPS) is 17.8. The number of carbonyl (C=O) groups is 1. The fraction of sp³-hybridized carbons (Fsp3) is 0.667. The van der Waals surface area contributed by atoms with Crippen molar-refractivity contribution in [2.75, 3.05) is 19.8 Å². The molecule has 3 heteroatoms. The van der Waals surface area contributed by atoms with Gasteiger partial charge in [0.05, 0.1) is 0 Å². The average Bonchev–Trinajstić information content (AvgIpc) is 2.51. The van der Waals surface area contributed by atoms with E-state index in [2.05, 4.69) is 11.5 Å². The minimum Gasteiger partial charge on any atom is -0.446 e. The molecule has 0 aliphatic carbocycles. The van der Waals surface area contributed by atoms with Crippen molar-refractivity contribution in [3.63, 3.8) is 0 Å². The maximum atomic E-state index is 11.0. The van der Waals surface area contributed by atoms with Gasteiger partial charge in [0.15, 0.2) is 0 Å². The molecular formula is C9H15NO2. The minimum atomic E-state index is -0.290. The van der Waals surface area contributed by atoms with Crippen LogP contribution in [-0.4, -0.2) is 30.7 Å². The van der Waals surface area contributed by atoms with Crippen molar-refractivity contribution in [3.05, 3.63) is 12.2 Å². The Morgan fingerprint density at radius 3 is 2.58 bits per heavy atom. The topological polar surface area (TPSA) is 29.5 Å². The van der Waals surface area contributed by atoms with Crippen molar-refractivity contribution in [2.45, 2.75) is 19.8 Å². The molecule has 1 aliphatic heterocycles. The number of hydrogen-bond donors (Lipinski definition) is 0. The maximum Gasteiger partial charge on any atom is 0.334 e. The molecule has 0 unspecified atom stereocenters. The number of hydrogen-bond acceptors (Lipinski definition) is 3. The molecule has 1 fully saturated rings. The highest BCUT2D eigenvalue weighted by Gasteiger charge is 2.13. The molecule has 0 atom stereocenters. The molecule has 0 aromatic rings. The largest absolute Gasteiger partial charge is 0.446 e. The average molecular weight is 169 g/mol. The monoisotopic (exact) mass is 169 g/mol. The van der Waals surface area contributed by atoms with Crippen LogP contribution in [0.4, 0.5) is 0 Å². The summed E-state index contributed by atoms with van der Waals surface area (Å²) in [5, 5.41) is 0. The first kappa shape index (κ1) is 9.26. The van der Waals surface area contributed by atoms with Gasteiger partial charge in [-0.05, 0) is 19.8 Å². The third-order valence-corrected chi connectivity index (χ3v) is 1.93. The second-order valence-corrected chi connectivity index (χ2v) is 3.17. The zero-order valence-corrected chi connectivity index (χ0v) is 7.51. The van der Waals surface area contributed by atoms with Crippen molar-refractivity contribution in [2.24, 2.45) is 0 Å². The van der Waals surface area contributed by atoms with Crippen molar-refractivity contribution < 1.29 is 9.53 Å². The first-order valence-corrected chi connectivity index (χ1v) is 4.25. The van der Waals surface area contributed by atoms with Gasteiger partial charge in [0.2, 0.25) is 0 Å². The van der Waals surface area contributed by atoms with Crippen LogP contribution in [-0.2, 0) is 9.53 Å². The highest BCUT2D eigenvalue weighted by molar-refractivity contribution is 5.86. The second kappa shape index (κ2) is 4.26. The van der Waals surface area contributed by atoms with Crippen LogP contribution < -0.4 is 0 Å². The Morgan fingerprint density at radius 1 is 1.50 bits per heavy atom. The van der Waals surface area contributed by atoms with Crippen molar-refractivity contribution >= 4 is 5.97 Å². The van der Waals surface area contributed by atoms with Gasteiger partial charge in [0.25, 0.3) is 0 Å². The Bertz CT molecular complexity index is 183. The zero-order valence-electron chi connectivity index (χ0n) is 7.51. The summed E-state index contributed by atoms with van der Waals surface area (Å²) in [5.74, 6) is -0.290. The summed E-state index contributed by atoms with van der Waals surface area (Å²) in [6.07, 6.45) is 2.43. The smallest absolute Gasteiger partial charge is 0.334 e. The third kappa shape index (κ3) is 2.66. The molecule has 1 heterocycles. The van der Waals surface area contributed by atoms with Crippen LogP contribution in [0.15, 0.2) is 12.2 Å². The maximum absolute atomic E-state index is 11.0. The molecule has 0 spiro atoms. The summed E-state index contributed by atoms with van der Waals surface area (Å²) in [6.45, 7) is 7.68. The lowest BCUT2D eigenvalue weighted by atomic mass is 10.4. The molecule has 1 aliphatic rings. The van der Waals surface area contributed by atoms with Gasteiger partial charge < -0.3 is 4.74 Å². The Morgan fingerprint density at radius 2 is 2.08 bits per heavy atom. The van der Waals surface area contributed by atoms with E-state index in [4.69, 9.17) is 4.74 Å². The summed E-state index contributed by atoms with van der Waals surface area (Å²) in [7, 11) is 0.